The van der Waals surface area contributed by atoms with Crippen LogP contribution in [0.5, 0.6) is 0 Å². The van der Waals surface area contributed by atoms with Gasteiger partial charge >= 0.3 is 0 Å². The molecule has 12 N–H and O–H groups in total. The van der Waals surface area contributed by atoms with E-state index in [2.05, 4.69) is 18.7 Å². The Morgan fingerprint density at radius 1 is 0.531 bits per heavy atom. The van der Waals surface area contributed by atoms with Crippen molar-refractivity contribution in [2.45, 2.75) is 208 Å². The summed E-state index contributed by atoms with van der Waals surface area (Å²) in [5.74, 6) is 0. The monoisotopic (exact) mass is 922 g/mol. The Labute approximate surface area is 374 Å². The number of allylic oxidation sites excluding steroid dienone is 5. The van der Waals surface area contributed by atoms with E-state index in [1.54, 1.807) is 13.0 Å². The van der Waals surface area contributed by atoms with Gasteiger partial charge in [-0.3, -0.25) is 0 Å². The van der Waals surface area contributed by atoms with Gasteiger partial charge in [0, 0.05) is 0 Å². The minimum Gasteiger partial charge on any atom is -0.394 e. The molecule has 0 unspecified atom stereocenters. The lowest BCUT2D eigenvalue weighted by Gasteiger charge is -2.47. The van der Waals surface area contributed by atoms with E-state index in [0.717, 1.165) is 36.8 Å². The molecule has 0 aromatic rings. The fourth-order valence-corrected chi connectivity index (χ4v) is 7.89. The largest absolute Gasteiger partial charge is 0.394 e. The summed E-state index contributed by atoms with van der Waals surface area (Å²) in [7, 11) is 0. The van der Waals surface area contributed by atoms with E-state index in [9.17, 15) is 61.3 Å². The molecule has 0 bridgehead atoms. The quantitative estimate of drug-likeness (QED) is 0.0580. The molecule has 370 valence electrons. The van der Waals surface area contributed by atoms with Crippen LogP contribution < -0.4 is 0 Å². The third kappa shape index (κ3) is 14.1. The molecule has 20 heteroatoms. The summed E-state index contributed by atoms with van der Waals surface area (Å²) in [6.45, 7) is 13.3. The minimum atomic E-state index is -1.67. The first-order valence-corrected chi connectivity index (χ1v) is 22.0. The Morgan fingerprint density at radius 3 is 1.39 bits per heavy atom. The van der Waals surface area contributed by atoms with Gasteiger partial charge in [-0.15, -0.1) is 6.58 Å². The zero-order valence-electron chi connectivity index (χ0n) is 37.6. The number of rotatable bonds is 21. The van der Waals surface area contributed by atoms with Crippen molar-refractivity contribution in [1.29, 1.82) is 0 Å². The van der Waals surface area contributed by atoms with Crippen molar-refractivity contribution in [3.05, 3.63) is 47.6 Å². The fourth-order valence-electron chi connectivity index (χ4n) is 7.89. The number of ether oxygens (including phenoxy) is 8. The molecule has 4 saturated heterocycles. The van der Waals surface area contributed by atoms with Gasteiger partial charge in [0.15, 0.2) is 25.2 Å². The van der Waals surface area contributed by atoms with Gasteiger partial charge in [-0.1, -0.05) is 41.0 Å². The molecular weight excluding hydrogens is 848 g/mol. The predicted octanol–water partition coefficient (Wildman–Crippen LogP) is -1.55. The first-order chi connectivity index (χ1) is 30.2. The summed E-state index contributed by atoms with van der Waals surface area (Å²) in [6, 6.07) is 0. The average Bonchev–Trinajstić information content (AvgIpc) is 3.26. The molecule has 4 aliphatic heterocycles. The summed E-state index contributed by atoms with van der Waals surface area (Å²) in [4.78, 5) is 0. The van der Waals surface area contributed by atoms with Gasteiger partial charge in [0.1, 0.15) is 85.5 Å². The highest BCUT2D eigenvalue weighted by atomic mass is 16.8. The lowest BCUT2D eigenvalue weighted by atomic mass is 9.95. The molecular formula is C44H74O20. The van der Waals surface area contributed by atoms with Gasteiger partial charge in [-0.05, 0) is 80.1 Å². The smallest absolute Gasteiger partial charge is 0.187 e. The first kappa shape index (κ1) is 54.8. The fraction of sp³-hybridized carbons (Fsp3) is 0.818. The highest BCUT2D eigenvalue weighted by Crippen LogP contribution is 2.34. The normalized spacial score (nSPS) is 42.6. The minimum absolute atomic E-state index is 0.0720. The SMILES string of the molecule is C=C[C@](C)(CC/C=C(\C)CC/C=C(\C)CC/C=C(\C)CO[C@@H]1O[C@H](CO)[C@@H](O[C@@H]2O[C@@H](C)[C@H](O)[C@@H](O)[C@H]2O)[C@H](O)[C@H]1O)O[C@@H]1O[C@H](CO)[C@@H](O[C@@H]2O[C@@H](C)[C@H](O)[C@@H](O)[C@H]2O)[C@H](O)[C@H]1O. The van der Waals surface area contributed by atoms with Crippen LogP contribution in [0.4, 0.5) is 0 Å². The maximum Gasteiger partial charge on any atom is 0.187 e. The molecule has 4 aliphatic rings. The molecule has 4 rings (SSSR count). The van der Waals surface area contributed by atoms with Crippen LogP contribution in [0.25, 0.3) is 0 Å². The van der Waals surface area contributed by atoms with E-state index in [1.807, 2.05) is 26.8 Å². The van der Waals surface area contributed by atoms with Crippen molar-refractivity contribution in [1.82, 2.24) is 0 Å². The second-order valence-corrected chi connectivity index (χ2v) is 17.7. The third-order valence-electron chi connectivity index (χ3n) is 12.3. The zero-order valence-corrected chi connectivity index (χ0v) is 37.6. The number of aliphatic hydroxyl groups excluding tert-OH is 12. The molecule has 20 nitrogen and oxygen atoms in total. The van der Waals surface area contributed by atoms with Crippen molar-refractivity contribution < 1.29 is 99.2 Å². The van der Waals surface area contributed by atoms with E-state index in [4.69, 9.17) is 37.9 Å². The molecule has 4 heterocycles. The van der Waals surface area contributed by atoms with Crippen LogP contribution in [0.2, 0.25) is 0 Å². The van der Waals surface area contributed by atoms with Crippen LogP contribution in [0.1, 0.15) is 80.1 Å². The van der Waals surface area contributed by atoms with Crippen LogP contribution in [0, 0.1) is 0 Å². The van der Waals surface area contributed by atoms with E-state index in [0.29, 0.717) is 12.8 Å². The topological polar surface area (TPSA) is 317 Å². The van der Waals surface area contributed by atoms with E-state index in [1.165, 1.54) is 19.4 Å². The second-order valence-electron chi connectivity index (χ2n) is 17.7. The molecule has 0 spiro atoms. The Morgan fingerprint density at radius 2 is 0.938 bits per heavy atom. The summed E-state index contributed by atoms with van der Waals surface area (Å²) in [6.07, 6.45) is -16.2. The zero-order chi connectivity index (χ0) is 47.6. The molecule has 0 aromatic heterocycles. The molecule has 0 radical (unpaired) electrons. The highest BCUT2D eigenvalue weighted by Gasteiger charge is 2.52. The highest BCUT2D eigenvalue weighted by molar-refractivity contribution is 5.08. The molecule has 4 fully saturated rings. The van der Waals surface area contributed by atoms with Crippen molar-refractivity contribution in [2.24, 2.45) is 0 Å². The van der Waals surface area contributed by atoms with Crippen LogP contribution >= 0.6 is 0 Å². The van der Waals surface area contributed by atoms with Crippen molar-refractivity contribution >= 4 is 0 Å². The summed E-state index contributed by atoms with van der Waals surface area (Å²) < 4.78 is 45.6. The Balaban J connectivity index is 1.17. The number of hydrogen-bond acceptors (Lipinski definition) is 20. The van der Waals surface area contributed by atoms with Crippen LogP contribution in [-0.2, 0) is 37.9 Å². The molecule has 0 aliphatic carbocycles. The number of aliphatic hydroxyl groups is 12. The summed E-state index contributed by atoms with van der Waals surface area (Å²) >= 11 is 0. The Hall–Kier alpha value is -1.84. The third-order valence-corrected chi connectivity index (χ3v) is 12.3. The average molecular weight is 923 g/mol. The summed E-state index contributed by atoms with van der Waals surface area (Å²) in [5.41, 5.74) is 2.19. The second kappa shape index (κ2) is 25.0. The van der Waals surface area contributed by atoms with Crippen LogP contribution in [0.3, 0.4) is 0 Å². The van der Waals surface area contributed by atoms with Crippen LogP contribution in [0.15, 0.2) is 47.6 Å². The van der Waals surface area contributed by atoms with Gasteiger partial charge < -0.3 is 99.2 Å². The summed E-state index contributed by atoms with van der Waals surface area (Å²) in [5, 5.41) is 124. The van der Waals surface area contributed by atoms with Crippen molar-refractivity contribution in [2.75, 3.05) is 19.8 Å². The maximum atomic E-state index is 11.0. The number of hydrogen-bond donors (Lipinski definition) is 12. The molecule has 0 aromatic carbocycles. The molecule has 0 saturated carbocycles. The van der Waals surface area contributed by atoms with E-state index >= 15 is 0 Å². The maximum absolute atomic E-state index is 11.0. The Kier molecular flexibility index (Phi) is 21.4. The lowest BCUT2D eigenvalue weighted by Crippen LogP contribution is -2.64. The van der Waals surface area contributed by atoms with Crippen molar-refractivity contribution in [3.63, 3.8) is 0 Å². The lowest BCUT2D eigenvalue weighted by molar-refractivity contribution is -0.363. The molecule has 21 atom stereocenters. The standard InChI is InChI=1S/C44H74O20/c1-8-44(7,64-43-37(56)33(52)39(27(19-46)61-43)63-42-35(54)31(50)29(48)25(6)59-42)17-11-16-22(3)13-9-12-21(2)14-10-15-23(4)20-57-40-36(55)32(51)38(26(18-45)60-40)62-41-34(53)30(49)28(47)24(5)58-41/h8,12,15-16,24-43,45-56H,1,9-11,13-14,17-20H2,2-7H3/b21-12+,22-16+,23-15+/t24-,25-,26+,27+,28-,29-,30+,31+,32+,33+,34+,35+,36+,37+,38+,39+,40+,41-,42-,43-,44+/m0/s1. The van der Waals surface area contributed by atoms with Crippen molar-refractivity contribution in [3.8, 4) is 0 Å². The van der Waals surface area contributed by atoms with Gasteiger partial charge in [0.05, 0.1) is 37.6 Å². The van der Waals surface area contributed by atoms with Gasteiger partial charge in [-0.25, -0.2) is 0 Å². The predicted molar refractivity (Wildman–Crippen MR) is 225 cm³/mol. The van der Waals surface area contributed by atoms with Gasteiger partial charge in [-0.2, -0.15) is 0 Å². The van der Waals surface area contributed by atoms with Gasteiger partial charge in [0.25, 0.3) is 0 Å². The first-order valence-electron chi connectivity index (χ1n) is 22.0. The molecule has 64 heavy (non-hydrogen) atoms. The van der Waals surface area contributed by atoms with Crippen LogP contribution in [-0.4, -0.2) is 210 Å². The Bertz CT molecular complexity index is 1530. The molecule has 0 amide bonds. The van der Waals surface area contributed by atoms with E-state index in [-0.39, 0.29) is 6.61 Å². The van der Waals surface area contributed by atoms with Gasteiger partial charge in [0.2, 0.25) is 0 Å². The van der Waals surface area contributed by atoms with E-state index < -0.39 is 142 Å².